The van der Waals surface area contributed by atoms with Crippen molar-refractivity contribution in [1.82, 2.24) is 5.48 Å². The van der Waals surface area contributed by atoms with Gasteiger partial charge in [0.2, 0.25) is 6.29 Å². The number of methoxy groups -OCH3 is 2. The molecule has 238 valence electrons. The molecular formula is C30H35NO13. The van der Waals surface area contributed by atoms with Gasteiger partial charge in [-0.05, 0) is 35.4 Å². The fourth-order valence-electron chi connectivity index (χ4n) is 4.28. The van der Waals surface area contributed by atoms with Gasteiger partial charge in [0.25, 0.3) is 0 Å². The highest BCUT2D eigenvalue weighted by atomic mass is 16.7. The number of rotatable bonds is 15. The predicted molar refractivity (Wildman–Crippen MR) is 150 cm³/mol. The van der Waals surface area contributed by atoms with E-state index in [0.29, 0.717) is 23.5 Å². The van der Waals surface area contributed by atoms with Crippen LogP contribution in [0.5, 0.6) is 11.5 Å². The molecule has 1 fully saturated rings. The van der Waals surface area contributed by atoms with E-state index < -0.39 is 42.6 Å². The van der Waals surface area contributed by atoms with E-state index in [4.69, 9.17) is 43.1 Å². The van der Waals surface area contributed by atoms with Crippen LogP contribution in [-0.4, -0.2) is 68.5 Å². The lowest BCUT2D eigenvalue weighted by Crippen LogP contribution is -2.44. The standard InChI is InChI=1S/C30H35NO13/c1-5-10-39-28(33)23-12-19(15-31-44-24-8-7-20(16-37-3)11-21(24)17-40-30(35)36)6-9-25(23)42-27-14-22(41-18(2)32)13-26(43-27)29(34)38-4/h5-9,11-12,22,26-27,31H,1,10,13-17H2,2-4H3,(H,35,36). The molecule has 1 aliphatic rings. The van der Waals surface area contributed by atoms with E-state index in [0.717, 1.165) is 5.56 Å². The van der Waals surface area contributed by atoms with E-state index in [2.05, 4.69) is 12.1 Å². The number of benzene rings is 2. The molecule has 14 heteroatoms. The molecule has 3 unspecified atom stereocenters. The van der Waals surface area contributed by atoms with Crippen molar-refractivity contribution < 1.29 is 62.3 Å². The average Bonchev–Trinajstić information content (AvgIpc) is 2.99. The maximum atomic E-state index is 12.9. The number of carbonyl (C=O) groups excluding carboxylic acids is 3. The highest BCUT2D eigenvalue weighted by molar-refractivity contribution is 5.92. The summed E-state index contributed by atoms with van der Waals surface area (Å²) >= 11 is 0. The molecule has 1 saturated heterocycles. The molecule has 0 aromatic heterocycles. The Hall–Kier alpha value is -4.66. The summed E-state index contributed by atoms with van der Waals surface area (Å²) in [7, 11) is 2.75. The maximum absolute atomic E-state index is 12.9. The van der Waals surface area contributed by atoms with Crippen molar-refractivity contribution in [3.05, 3.63) is 71.3 Å². The number of nitrogens with one attached hydrogen (secondary N) is 1. The first kappa shape index (κ1) is 33.8. The number of ether oxygens (including phenoxy) is 7. The van der Waals surface area contributed by atoms with Gasteiger partial charge in [-0.3, -0.25) is 4.79 Å². The Morgan fingerprint density at radius 2 is 1.77 bits per heavy atom. The lowest BCUT2D eigenvalue weighted by molar-refractivity contribution is -0.204. The maximum Gasteiger partial charge on any atom is 0.506 e. The third-order valence-electron chi connectivity index (χ3n) is 6.15. The molecule has 0 aliphatic carbocycles. The van der Waals surface area contributed by atoms with Gasteiger partial charge in [0.15, 0.2) is 11.9 Å². The molecule has 0 bridgehead atoms. The van der Waals surface area contributed by atoms with E-state index in [1.54, 1.807) is 24.3 Å². The molecular weight excluding hydrogens is 582 g/mol. The lowest BCUT2D eigenvalue weighted by Gasteiger charge is -2.33. The normalized spacial score (nSPS) is 17.6. The summed E-state index contributed by atoms with van der Waals surface area (Å²) in [6.07, 6.45) is -2.61. The molecule has 0 spiro atoms. The largest absolute Gasteiger partial charge is 0.506 e. The van der Waals surface area contributed by atoms with Crippen LogP contribution in [0.15, 0.2) is 49.1 Å². The van der Waals surface area contributed by atoms with Crippen LogP contribution in [0.4, 0.5) is 4.79 Å². The number of carboxylic acid groups (broad SMARTS) is 1. The van der Waals surface area contributed by atoms with Crippen LogP contribution in [0.1, 0.15) is 46.8 Å². The van der Waals surface area contributed by atoms with Gasteiger partial charge in [-0.25, -0.2) is 14.4 Å². The second-order valence-corrected chi connectivity index (χ2v) is 9.47. The average molecular weight is 618 g/mol. The summed E-state index contributed by atoms with van der Waals surface area (Å²) in [5, 5.41) is 8.91. The second-order valence-electron chi connectivity index (χ2n) is 9.47. The van der Waals surface area contributed by atoms with Crippen molar-refractivity contribution in [1.29, 1.82) is 0 Å². The molecule has 2 N–H and O–H groups in total. The first-order valence-corrected chi connectivity index (χ1v) is 13.5. The zero-order valence-electron chi connectivity index (χ0n) is 24.6. The van der Waals surface area contributed by atoms with Crippen LogP contribution in [0, 0.1) is 0 Å². The molecule has 2 aromatic rings. The van der Waals surface area contributed by atoms with E-state index in [-0.39, 0.29) is 43.9 Å². The van der Waals surface area contributed by atoms with Gasteiger partial charge in [-0.1, -0.05) is 24.8 Å². The van der Waals surface area contributed by atoms with Gasteiger partial charge in [-0.15, -0.1) is 0 Å². The van der Waals surface area contributed by atoms with E-state index in [1.165, 1.54) is 39.4 Å². The molecule has 0 saturated carbocycles. The fourth-order valence-corrected chi connectivity index (χ4v) is 4.28. The van der Waals surface area contributed by atoms with Crippen LogP contribution in [0.2, 0.25) is 0 Å². The van der Waals surface area contributed by atoms with Crippen LogP contribution >= 0.6 is 0 Å². The van der Waals surface area contributed by atoms with Crippen LogP contribution in [-0.2, 0) is 57.8 Å². The zero-order chi connectivity index (χ0) is 32.1. The number of hydrogen-bond acceptors (Lipinski definition) is 13. The van der Waals surface area contributed by atoms with Gasteiger partial charge in [0, 0.05) is 32.4 Å². The van der Waals surface area contributed by atoms with Crippen molar-refractivity contribution >= 4 is 24.1 Å². The summed E-state index contributed by atoms with van der Waals surface area (Å²) < 4.78 is 36.9. The Morgan fingerprint density at radius 3 is 2.45 bits per heavy atom. The number of esters is 3. The Bertz CT molecular complexity index is 1330. The van der Waals surface area contributed by atoms with Crippen molar-refractivity contribution in [3.63, 3.8) is 0 Å². The molecule has 2 aromatic carbocycles. The van der Waals surface area contributed by atoms with Gasteiger partial charge in [-0.2, -0.15) is 5.48 Å². The predicted octanol–water partition coefficient (Wildman–Crippen LogP) is 3.44. The summed E-state index contributed by atoms with van der Waals surface area (Å²) in [6.45, 7) is 4.93. The minimum atomic E-state index is -1.43. The highest BCUT2D eigenvalue weighted by Gasteiger charge is 2.37. The van der Waals surface area contributed by atoms with Gasteiger partial charge in [0.05, 0.1) is 20.3 Å². The summed E-state index contributed by atoms with van der Waals surface area (Å²) in [4.78, 5) is 53.3. The van der Waals surface area contributed by atoms with Crippen LogP contribution in [0.3, 0.4) is 0 Å². The summed E-state index contributed by atoms with van der Waals surface area (Å²) in [6, 6.07) is 9.82. The topological polar surface area (TPSA) is 174 Å². The Kier molecular flexibility index (Phi) is 13.0. The summed E-state index contributed by atoms with van der Waals surface area (Å²) in [5.41, 5.74) is 4.70. The fraction of sp³-hybridized carbons (Fsp3) is 0.400. The molecule has 14 nitrogen and oxygen atoms in total. The third kappa shape index (κ3) is 10.3. The molecule has 3 rings (SSSR count). The smallest absolute Gasteiger partial charge is 0.467 e. The molecule has 44 heavy (non-hydrogen) atoms. The number of hydroxylamine groups is 1. The Balaban J connectivity index is 1.77. The zero-order valence-corrected chi connectivity index (χ0v) is 24.6. The first-order chi connectivity index (χ1) is 21.1. The van der Waals surface area contributed by atoms with Crippen LogP contribution in [0.25, 0.3) is 0 Å². The number of hydrogen-bond donors (Lipinski definition) is 2. The van der Waals surface area contributed by atoms with Crippen molar-refractivity contribution in [3.8, 4) is 11.5 Å². The SMILES string of the molecule is C=CCOC(=O)c1cc(CNOc2ccc(COC)cc2COC(=O)O)ccc1OC1CC(OC(C)=O)CC(C(=O)OC)O1. The monoisotopic (exact) mass is 617 g/mol. The second kappa shape index (κ2) is 16.8. The Labute approximate surface area is 253 Å². The molecule has 0 radical (unpaired) electrons. The molecule has 1 aliphatic heterocycles. The van der Waals surface area contributed by atoms with E-state index >= 15 is 0 Å². The minimum Gasteiger partial charge on any atom is -0.467 e. The lowest BCUT2D eigenvalue weighted by atomic mass is 10.0. The van der Waals surface area contributed by atoms with Crippen molar-refractivity contribution in [2.45, 2.75) is 58.0 Å². The van der Waals surface area contributed by atoms with Gasteiger partial charge < -0.3 is 43.1 Å². The minimum absolute atomic E-state index is 0.0526. The van der Waals surface area contributed by atoms with E-state index in [1.807, 2.05) is 0 Å². The van der Waals surface area contributed by atoms with Gasteiger partial charge >= 0.3 is 24.1 Å². The Morgan fingerprint density at radius 1 is 1.02 bits per heavy atom. The molecule has 3 atom stereocenters. The quantitative estimate of drug-likeness (QED) is 0.129. The highest BCUT2D eigenvalue weighted by Crippen LogP contribution is 2.29. The summed E-state index contributed by atoms with van der Waals surface area (Å²) in [5.74, 6) is -1.47. The van der Waals surface area contributed by atoms with Crippen molar-refractivity contribution in [2.75, 3.05) is 20.8 Å². The first-order valence-electron chi connectivity index (χ1n) is 13.5. The molecule has 1 heterocycles. The van der Waals surface area contributed by atoms with Crippen molar-refractivity contribution in [2.24, 2.45) is 0 Å². The van der Waals surface area contributed by atoms with E-state index in [9.17, 15) is 19.2 Å². The van der Waals surface area contributed by atoms with Gasteiger partial charge in [0.1, 0.15) is 30.6 Å². The third-order valence-corrected chi connectivity index (χ3v) is 6.15. The molecule has 0 amide bonds. The van der Waals surface area contributed by atoms with Crippen LogP contribution < -0.4 is 15.1 Å². The number of carbonyl (C=O) groups is 4.